The molecule has 6 heteroatoms. The van der Waals surface area contributed by atoms with Gasteiger partial charge in [-0.2, -0.15) is 0 Å². The molecule has 84 valence electrons. The normalized spacial score (nSPS) is 11.2. The summed E-state index contributed by atoms with van der Waals surface area (Å²) >= 11 is 0. The van der Waals surface area contributed by atoms with Crippen molar-refractivity contribution in [1.29, 1.82) is 0 Å². The van der Waals surface area contributed by atoms with Gasteiger partial charge in [0, 0.05) is 0 Å². The minimum Gasteiger partial charge on any atom is -0.493 e. The van der Waals surface area contributed by atoms with Crippen molar-refractivity contribution < 1.29 is 17.9 Å². The second-order valence-electron chi connectivity index (χ2n) is 2.99. The largest absolute Gasteiger partial charge is 0.493 e. The van der Waals surface area contributed by atoms with Gasteiger partial charge in [0.25, 0.3) is 0 Å². The van der Waals surface area contributed by atoms with Gasteiger partial charge in [-0.1, -0.05) is 6.07 Å². The van der Waals surface area contributed by atoms with Crippen LogP contribution >= 0.6 is 0 Å². The van der Waals surface area contributed by atoms with Gasteiger partial charge in [-0.25, -0.2) is 13.6 Å². The van der Waals surface area contributed by atoms with E-state index in [1.165, 1.54) is 14.2 Å². The van der Waals surface area contributed by atoms with E-state index in [-0.39, 0.29) is 10.6 Å². The zero-order valence-electron chi connectivity index (χ0n) is 8.77. The first-order valence-corrected chi connectivity index (χ1v) is 5.70. The Morgan fingerprint density at radius 2 is 1.80 bits per heavy atom. The lowest BCUT2D eigenvalue weighted by molar-refractivity contribution is 0.346. The van der Waals surface area contributed by atoms with Crippen LogP contribution in [0.1, 0.15) is 5.56 Å². The van der Waals surface area contributed by atoms with E-state index in [0.717, 1.165) is 0 Å². The smallest absolute Gasteiger partial charge is 0.242 e. The van der Waals surface area contributed by atoms with Crippen LogP contribution in [0.15, 0.2) is 17.0 Å². The lowest BCUT2D eigenvalue weighted by Gasteiger charge is -2.13. The summed E-state index contributed by atoms with van der Waals surface area (Å²) in [6.07, 6.45) is 0. The zero-order valence-corrected chi connectivity index (χ0v) is 9.59. The number of sulfonamides is 1. The third kappa shape index (κ3) is 2.21. The van der Waals surface area contributed by atoms with Gasteiger partial charge in [0.05, 0.1) is 14.2 Å². The predicted octanol–water partition coefficient (Wildman–Crippen LogP) is 0.660. The minimum absolute atomic E-state index is 0.0376. The number of primary sulfonamides is 1. The van der Waals surface area contributed by atoms with Crippen LogP contribution in [0, 0.1) is 6.92 Å². The maximum absolute atomic E-state index is 11.3. The van der Waals surface area contributed by atoms with Gasteiger partial charge in [0.1, 0.15) is 4.90 Å². The summed E-state index contributed by atoms with van der Waals surface area (Å²) in [7, 11) is -1.02. The average molecular weight is 231 g/mol. The molecule has 1 aromatic carbocycles. The summed E-state index contributed by atoms with van der Waals surface area (Å²) in [5.41, 5.74) is 0.523. The fraction of sp³-hybridized carbons (Fsp3) is 0.333. The van der Waals surface area contributed by atoms with E-state index in [9.17, 15) is 8.42 Å². The molecule has 0 amide bonds. The molecule has 15 heavy (non-hydrogen) atoms. The van der Waals surface area contributed by atoms with E-state index >= 15 is 0 Å². The van der Waals surface area contributed by atoms with Crippen LogP contribution in [0.3, 0.4) is 0 Å². The summed E-state index contributed by atoms with van der Waals surface area (Å²) in [4.78, 5) is -0.0376. The number of hydrogen-bond donors (Lipinski definition) is 1. The Morgan fingerprint density at radius 3 is 2.20 bits per heavy atom. The Kier molecular flexibility index (Phi) is 3.21. The highest BCUT2D eigenvalue weighted by Crippen LogP contribution is 2.35. The zero-order chi connectivity index (χ0) is 11.6. The van der Waals surface area contributed by atoms with E-state index in [4.69, 9.17) is 14.6 Å². The maximum Gasteiger partial charge on any atom is 0.242 e. The molecule has 2 N–H and O–H groups in total. The molecule has 1 rings (SSSR count). The number of rotatable bonds is 3. The van der Waals surface area contributed by atoms with Gasteiger partial charge >= 0.3 is 0 Å². The van der Waals surface area contributed by atoms with Gasteiger partial charge < -0.3 is 9.47 Å². The second-order valence-corrected chi connectivity index (χ2v) is 4.49. The maximum atomic E-state index is 11.3. The molecule has 0 aliphatic rings. The topological polar surface area (TPSA) is 78.6 Å². The van der Waals surface area contributed by atoms with Crippen molar-refractivity contribution in [3.8, 4) is 11.5 Å². The van der Waals surface area contributed by atoms with E-state index in [0.29, 0.717) is 11.3 Å². The SMILES string of the molecule is COc1ccc(C)c(S(N)(=O)=O)c1OC. The highest BCUT2D eigenvalue weighted by Gasteiger charge is 2.21. The molecule has 1 aromatic rings. The number of aryl methyl sites for hydroxylation is 1. The molecule has 0 heterocycles. The van der Waals surface area contributed by atoms with E-state index in [1.807, 2.05) is 0 Å². The number of methoxy groups -OCH3 is 2. The predicted molar refractivity (Wildman–Crippen MR) is 55.7 cm³/mol. The third-order valence-electron chi connectivity index (χ3n) is 1.98. The molecular formula is C9H13NO4S. The van der Waals surface area contributed by atoms with Gasteiger partial charge in [0.15, 0.2) is 11.5 Å². The fourth-order valence-electron chi connectivity index (χ4n) is 1.35. The number of hydrogen-bond acceptors (Lipinski definition) is 4. The molecule has 0 fully saturated rings. The molecule has 0 bridgehead atoms. The molecule has 0 atom stereocenters. The van der Waals surface area contributed by atoms with Crippen LogP contribution in [-0.2, 0) is 10.0 Å². The molecule has 5 nitrogen and oxygen atoms in total. The molecule has 0 saturated heterocycles. The highest BCUT2D eigenvalue weighted by molar-refractivity contribution is 7.89. The van der Waals surface area contributed by atoms with Crippen molar-refractivity contribution in [3.63, 3.8) is 0 Å². The van der Waals surface area contributed by atoms with Crippen LogP contribution in [0.2, 0.25) is 0 Å². The molecule has 0 aromatic heterocycles. The van der Waals surface area contributed by atoms with Crippen LogP contribution in [-0.4, -0.2) is 22.6 Å². The first kappa shape index (κ1) is 11.8. The Hall–Kier alpha value is -1.27. The molecule has 0 aliphatic heterocycles. The Bertz CT molecular complexity index is 467. The standard InChI is InChI=1S/C9H13NO4S/c1-6-4-5-7(13-2)8(14-3)9(6)15(10,11)12/h4-5H,1-3H3,(H2,10,11,12). The number of benzene rings is 1. The molecule has 0 unspecified atom stereocenters. The Balaban J connectivity index is 3.61. The summed E-state index contributed by atoms with van der Waals surface area (Å²) in [6, 6.07) is 3.24. The monoisotopic (exact) mass is 231 g/mol. The van der Waals surface area contributed by atoms with Gasteiger partial charge in [-0.3, -0.25) is 0 Å². The van der Waals surface area contributed by atoms with E-state index in [1.54, 1.807) is 19.1 Å². The summed E-state index contributed by atoms with van der Waals surface area (Å²) in [5, 5.41) is 5.09. The molecule has 0 spiro atoms. The molecule has 0 radical (unpaired) electrons. The lowest BCUT2D eigenvalue weighted by atomic mass is 10.2. The van der Waals surface area contributed by atoms with Crippen LogP contribution in [0.5, 0.6) is 11.5 Å². The Labute approximate surface area is 88.9 Å². The van der Waals surface area contributed by atoms with Gasteiger partial charge in [-0.05, 0) is 18.6 Å². The lowest BCUT2D eigenvalue weighted by Crippen LogP contribution is -2.15. The Morgan fingerprint density at radius 1 is 1.20 bits per heavy atom. The van der Waals surface area contributed by atoms with Crippen molar-refractivity contribution in [2.24, 2.45) is 5.14 Å². The molecular weight excluding hydrogens is 218 g/mol. The summed E-state index contributed by atoms with van der Waals surface area (Å²) < 4.78 is 32.7. The first-order chi connectivity index (χ1) is 6.91. The average Bonchev–Trinajstić information content (AvgIpc) is 2.15. The van der Waals surface area contributed by atoms with Gasteiger partial charge in [0.2, 0.25) is 10.0 Å². The molecule has 0 saturated carbocycles. The van der Waals surface area contributed by atoms with Crippen molar-refractivity contribution in [3.05, 3.63) is 17.7 Å². The molecule has 0 aliphatic carbocycles. The van der Waals surface area contributed by atoms with Crippen molar-refractivity contribution in [2.45, 2.75) is 11.8 Å². The number of ether oxygens (including phenoxy) is 2. The minimum atomic E-state index is -3.81. The number of nitrogens with two attached hydrogens (primary N) is 1. The van der Waals surface area contributed by atoms with E-state index in [2.05, 4.69) is 0 Å². The quantitative estimate of drug-likeness (QED) is 0.828. The highest BCUT2D eigenvalue weighted by atomic mass is 32.2. The fourth-order valence-corrected chi connectivity index (χ4v) is 2.31. The van der Waals surface area contributed by atoms with E-state index < -0.39 is 10.0 Å². The van der Waals surface area contributed by atoms with Crippen molar-refractivity contribution in [2.75, 3.05) is 14.2 Å². The van der Waals surface area contributed by atoms with Crippen LogP contribution < -0.4 is 14.6 Å². The van der Waals surface area contributed by atoms with Crippen LogP contribution in [0.4, 0.5) is 0 Å². The summed E-state index contributed by atoms with van der Waals surface area (Å²) in [5.74, 6) is 0.479. The summed E-state index contributed by atoms with van der Waals surface area (Å²) in [6.45, 7) is 1.64. The third-order valence-corrected chi connectivity index (χ3v) is 3.06. The first-order valence-electron chi connectivity index (χ1n) is 4.16. The van der Waals surface area contributed by atoms with Crippen molar-refractivity contribution >= 4 is 10.0 Å². The van der Waals surface area contributed by atoms with Gasteiger partial charge in [-0.15, -0.1) is 0 Å². The van der Waals surface area contributed by atoms with Crippen molar-refractivity contribution in [1.82, 2.24) is 0 Å². The van der Waals surface area contributed by atoms with Crippen LogP contribution in [0.25, 0.3) is 0 Å². The second kappa shape index (κ2) is 4.08.